The van der Waals surface area contributed by atoms with Crippen molar-refractivity contribution in [1.29, 1.82) is 0 Å². The zero-order valence-corrected chi connectivity index (χ0v) is 37.1. The summed E-state index contributed by atoms with van der Waals surface area (Å²) in [7, 11) is 0. The molecule has 1 aliphatic heterocycles. The molecule has 15 rings (SSSR count). The number of aromatic nitrogens is 1. The van der Waals surface area contributed by atoms with Gasteiger partial charge in [0.1, 0.15) is 11.2 Å². The van der Waals surface area contributed by atoms with Crippen molar-refractivity contribution >= 4 is 60.8 Å². The van der Waals surface area contributed by atoms with Crippen LogP contribution >= 0.6 is 0 Å². The average molecular weight is 855 g/mol. The molecule has 12 aromatic rings. The fourth-order valence-electron chi connectivity index (χ4n) is 12.7. The first kappa shape index (κ1) is 36.9. The molecular weight excluding hydrogens is 813 g/mol. The Kier molecular flexibility index (Phi) is 7.22. The molecule has 2 aliphatic carbocycles. The number of hydrogen-bond acceptors (Lipinski definition) is 2. The van der Waals surface area contributed by atoms with Crippen LogP contribution in [0.1, 0.15) is 47.2 Å². The molecule has 0 unspecified atom stereocenters. The van der Waals surface area contributed by atoms with Gasteiger partial charge in [-0.15, -0.1) is 0 Å². The lowest BCUT2D eigenvalue weighted by atomic mass is 9.65. The van der Waals surface area contributed by atoms with Crippen LogP contribution in [0.2, 0.25) is 0 Å². The number of rotatable bonds is 4. The molecule has 0 amide bonds. The molecule has 3 heteroatoms. The maximum atomic E-state index is 6.55. The van der Waals surface area contributed by atoms with Gasteiger partial charge in [0.2, 0.25) is 0 Å². The minimum absolute atomic E-state index is 0.162. The molecule has 0 saturated carbocycles. The van der Waals surface area contributed by atoms with Gasteiger partial charge in [-0.05, 0) is 116 Å². The first-order valence-corrected chi connectivity index (χ1v) is 23.4. The van der Waals surface area contributed by atoms with Crippen molar-refractivity contribution in [3.63, 3.8) is 0 Å². The molecule has 0 fully saturated rings. The molecule has 67 heavy (non-hydrogen) atoms. The Morgan fingerprint density at radius 2 is 0.925 bits per heavy atom. The summed E-state index contributed by atoms with van der Waals surface area (Å²) in [5.41, 5.74) is 23.5. The molecule has 10 aromatic carbocycles. The second-order valence-electron chi connectivity index (χ2n) is 19.2. The summed E-state index contributed by atoms with van der Waals surface area (Å²) in [6, 6.07) is 81.4. The predicted molar refractivity (Wildman–Crippen MR) is 277 cm³/mol. The smallest absolute Gasteiger partial charge is 0.143 e. The highest BCUT2D eigenvalue weighted by atomic mass is 16.3. The lowest BCUT2D eigenvalue weighted by molar-refractivity contribution is 0.660. The van der Waals surface area contributed by atoms with Gasteiger partial charge in [0.05, 0.1) is 22.1 Å². The summed E-state index contributed by atoms with van der Waals surface area (Å²) >= 11 is 0. The van der Waals surface area contributed by atoms with E-state index in [1.165, 1.54) is 83.1 Å². The van der Waals surface area contributed by atoms with Crippen molar-refractivity contribution in [2.24, 2.45) is 0 Å². The minimum atomic E-state index is -0.565. The second kappa shape index (κ2) is 13.1. The summed E-state index contributed by atoms with van der Waals surface area (Å²) in [6.45, 7) is 4.74. The van der Waals surface area contributed by atoms with E-state index in [0.29, 0.717) is 0 Å². The third-order valence-electron chi connectivity index (χ3n) is 15.6. The van der Waals surface area contributed by atoms with Crippen LogP contribution in [0.5, 0.6) is 0 Å². The van der Waals surface area contributed by atoms with Crippen LogP contribution < -0.4 is 4.90 Å². The zero-order valence-electron chi connectivity index (χ0n) is 37.1. The summed E-state index contributed by atoms with van der Waals surface area (Å²) in [5, 5.41) is 4.82. The standard InChI is InChI=1S/C64H42N2O/c1-63(2)52-23-8-3-15-44(52)47-35-33-41(37-56(47)63)65(40-31-29-39(30-32-40)43-20-13-22-51-49-19-7-12-28-60(49)67-62(43)51)42-34-36-59-57(38-42)64(53-24-9-4-16-45(53)46-17-5-10-25-54(46)64)55-26-14-21-50-48-18-6-11-27-58(48)66(59)61(50)55/h3-38H,1-2H3. The number of furan rings is 1. The first-order valence-electron chi connectivity index (χ1n) is 23.4. The SMILES string of the molecule is CC1(C)c2ccccc2-c2ccc(N(c3ccc(-c4cccc5c4oc4ccccc45)cc3)c3ccc4c(c3)C3(c5ccccc5-c5ccccc53)c3cccc5c6ccccc6n-4c35)cc21. The molecule has 3 nitrogen and oxygen atoms in total. The van der Waals surface area contributed by atoms with Gasteiger partial charge >= 0.3 is 0 Å². The van der Waals surface area contributed by atoms with Crippen LogP contribution in [0.4, 0.5) is 17.1 Å². The summed E-state index contributed by atoms with van der Waals surface area (Å²) in [6.07, 6.45) is 0. The fraction of sp³-hybridized carbons (Fsp3) is 0.0625. The van der Waals surface area contributed by atoms with Gasteiger partial charge in [-0.1, -0.05) is 178 Å². The van der Waals surface area contributed by atoms with Gasteiger partial charge in [0.25, 0.3) is 0 Å². The molecular formula is C64H42N2O. The van der Waals surface area contributed by atoms with E-state index < -0.39 is 5.41 Å². The number of nitrogens with zero attached hydrogens (tertiary/aromatic N) is 2. The maximum absolute atomic E-state index is 6.55. The van der Waals surface area contributed by atoms with Crippen LogP contribution in [-0.4, -0.2) is 4.57 Å². The molecule has 0 bridgehead atoms. The third kappa shape index (κ3) is 4.70. The Morgan fingerprint density at radius 3 is 1.70 bits per heavy atom. The molecule has 0 saturated heterocycles. The van der Waals surface area contributed by atoms with Crippen molar-refractivity contribution in [3.8, 4) is 39.1 Å². The van der Waals surface area contributed by atoms with Gasteiger partial charge in [-0.25, -0.2) is 0 Å². The van der Waals surface area contributed by atoms with Crippen LogP contribution in [0.15, 0.2) is 223 Å². The highest BCUT2D eigenvalue weighted by Gasteiger charge is 2.51. The van der Waals surface area contributed by atoms with E-state index in [9.17, 15) is 0 Å². The summed E-state index contributed by atoms with van der Waals surface area (Å²) in [5.74, 6) is 0. The van der Waals surface area contributed by atoms with E-state index in [1.807, 2.05) is 6.07 Å². The van der Waals surface area contributed by atoms with Crippen LogP contribution in [0.3, 0.4) is 0 Å². The van der Waals surface area contributed by atoms with Crippen LogP contribution in [0.25, 0.3) is 82.8 Å². The first-order chi connectivity index (χ1) is 33.0. The van der Waals surface area contributed by atoms with Crippen molar-refractivity contribution in [1.82, 2.24) is 4.57 Å². The number of fused-ring (bicyclic) bond motifs is 18. The average Bonchev–Trinajstić information content (AvgIpc) is 4.09. The quantitative estimate of drug-likeness (QED) is 0.176. The van der Waals surface area contributed by atoms with E-state index in [1.54, 1.807) is 0 Å². The van der Waals surface area contributed by atoms with Crippen LogP contribution in [0, 0.1) is 0 Å². The lowest BCUT2D eigenvalue weighted by Crippen LogP contribution is -2.33. The van der Waals surface area contributed by atoms with Crippen molar-refractivity contribution in [2.75, 3.05) is 4.90 Å². The Balaban J connectivity index is 0.997. The Morgan fingerprint density at radius 1 is 0.388 bits per heavy atom. The highest BCUT2D eigenvalue weighted by molar-refractivity contribution is 6.13. The molecule has 314 valence electrons. The van der Waals surface area contributed by atoms with Crippen molar-refractivity contribution < 1.29 is 4.42 Å². The third-order valence-corrected chi connectivity index (χ3v) is 15.6. The topological polar surface area (TPSA) is 21.3 Å². The van der Waals surface area contributed by atoms with Gasteiger partial charge in [-0.3, -0.25) is 0 Å². The number of hydrogen-bond donors (Lipinski definition) is 0. The Bertz CT molecular complexity index is 4040. The number of benzene rings is 10. The maximum Gasteiger partial charge on any atom is 0.143 e. The molecule has 0 atom stereocenters. The fourth-order valence-corrected chi connectivity index (χ4v) is 12.7. The molecule has 2 aromatic heterocycles. The molecule has 0 radical (unpaired) electrons. The molecule has 3 heterocycles. The van der Waals surface area contributed by atoms with Gasteiger partial charge in [0.15, 0.2) is 0 Å². The van der Waals surface area contributed by atoms with Crippen molar-refractivity contribution in [2.45, 2.75) is 24.7 Å². The summed E-state index contributed by atoms with van der Waals surface area (Å²) in [4.78, 5) is 2.48. The largest absolute Gasteiger partial charge is 0.455 e. The minimum Gasteiger partial charge on any atom is -0.455 e. The Labute approximate surface area is 388 Å². The monoisotopic (exact) mass is 854 g/mol. The van der Waals surface area contributed by atoms with Gasteiger partial charge in [-0.2, -0.15) is 0 Å². The van der Waals surface area contributed by atoms with E-state index in [2.05, 4.69) is 236 Å². The van der Waals surface area contributed by atoms with E-state index in [4.69, 9.17) is 4.42 Å². The van der Waals surface area contributed by atoms with E-state index in [-0.39, 0.29) is 5.41 Å². The van der Waals surface area contributed by atoms with Crippen molar-refractivity contribution in [3.05, 3.63) is 252 Å². The Hall–Kier alpha value is -8.40. The normalized spacial score (nSPS) is 14.4. The number of anilines is 3. The second-order valence-corrected chi connectivity index (χ2v) is 19.2. The lowest BCUT2D eigenvalue weighted by Gasteiger charge is -2.40. The van der Waals surface area contributed by atoms with Gasteiger partial charge in [0, 0.05) is 49.6 Å². The van der Waals surface area contributed by atoms with Gasteiger partial charge < -0.3 is 13.9 Å². The van der Waals surface area contributed by atoms with E-state index in [0.717, 1.165) is 50.1 Å². The molecule has 1 spiro atoms. The van der Waals surface area contributed by atoms with E-state index >= 15 is 0 Å². The zero-order chi connectivity index (χ0) is 44.2. The highest BCUT2D eigenvalue weighted by Crippen LogP contribution is 2.62. The summed E-state index contributed by atoms with van der Waals surface area (Å²) < 4.78 is 9.09. The molecule has 3 aliphatic rings. The number of para-hydroxylation sites is 4. The van der Waals surface area contributed by atoms with Crippen LogP contribution in [-0.2, 0) is 10.8 Å². The predicted octanol–water partition coefficient (Wildman–Crippen LogP) is 16.8. The molecule has 0 N–H and O–H groups in total.